The molecular formula is C12H24N2. The monoisotopic (exact) mass is 196 g/mol. The number of rotatable bonds is 6. The van der Waals surface area contributed by atoms with Gasteiger partial charge in [0.25, 0.3) is 0 Å². The summed E-state index contributed by atoms with van der Waals surface area (Å²) < 4.78 is 0. The minimum absolute atomic E-state index is 0.786. The Hall–Kier alpha value is -0.0800. The Morgan fingerprint density at radius 2 is 2.14 bits per heavy atom. The largest absolute Gasteiger partial charge is 0.313 e. The van der Waals surface area contributed by atoms with Crippen molar-refractivity contribution in [3.05, 3.63) is 0 Å². The standard InChI is InChI=1S/C12H24N2/c1-2-14(9-7-11-5-6-11)10-12-4-3-8-13-12/h11-13H,2-10H2,1H3. The second kappa shape index (κ2) is 5.13. The smallest absolute Gasteiger partial charge is 0.0195 e. The summed E-state index contributed by atoms with van der Waals surface area (Å²) >= 11 is 0. The number of hydrogen-bond donors (Lipinski definition) is 1. The second-order valence-electron chi connectivity index (χ2n) is 4.92. The van der Waals surface area contributed by atoms with Crippen LogP contribution in [0.3, 0.4) is 0 Å². The highest BCUT2D eigenvalue weighted by Gasteiger charge is 2.22. The normalized spacial score (nSPS) is 27.4. The van der Waals surface area contributed by atoms with Crippen LogP contribution in [0.5, 0.6) is 0 Å². The predicted octanol–water partition coefficient (Wildman–Crippen LogP) is 1.86. The lowest BCUT2D eigenvalue weighted by Gasteiger charge is -2.24. The van der Waals surface area contributed by atoms with E-state index < -0.39 is 0 Å². The molecule has 0 amide bonds. The number of likely N-dealkylation sites (N-methyl/N-ethyl adjacent to an activating group) is 1. The first-order valence-corrected chi connectivity index (χ1v) is 6.34. The van der Waals surface area contributed by atoms with Crippen molar-refractivity contribution < 1.29 is 0 Å². The van der Waals surface area contributed by atoms with E-state index in [0.29, 0.717) is 0 Å². The van der Waals surface area contributed by atoms with Gasteiger partial charge in [-0.15, -0.1) is 0 Å². The number of nitrogens with zero attached hydrogens (tertiary/aromatic N) is 1. The molecule has 1 aliphatic carbocycles. The molecule has 1 aliphatic heterocycles. The van der Waals surface area contributed by atoms with Crippen LogP contribution >= 0.6 is 0 Å². The molecule has 1 unspecified atom stereocenters. The zero-order valence-corrected chi connectivity index (χ0v) is 9.47. The van der Waals surface area contributed by atoms with E-state index in [0.717, 1.165) is 12.0 Å². The Kier molecular flexibility index (Phi) is 3.82. The van der Waals surface area contributed by atoms with E-state index in [-0.39, 0.29) is 0 Å². The fourth-order valence-corrected chi connectivity index (χ4v) is 2.37. The summed E-state index contributed by atoms with van der Waals surface area (Å²) in [5.74, 6) is 1.08. The fraction of sp³-hybridized carbons (Fsp3) is 1.00. The van der Waals surface area contributed by atoms with Gasteiger partial charge in [-0.25, -0.2) is 0 Å². The third kappa shape index (κ3) is 3.25. The first-order valence-electron chi connectivity index (χ1n) is 6.34. The van der Waals surface area contributed by atoms with Crippen LogP contribution in [0.15, 0.2) is 0 Å². The van der Waals surface area contributed by atoms with Crippen LogP contribution in [-0.2, 0) is 0 Å². The quantitative estimate of drug-likeness (QED) is 0.697. The SMILES string of the molecule is CCN(CCC1CC1)CC1CCCN1. The van der Waals surface area contributed by atoms with Crippen molar-refractivity contribution in [3.63, 3.8) is 0 Å². The van der Waals surface area contributed by atoms with E-state index in [2.05, 4.69) is 17.1 Å². The Bertz CT molecular complexity index is 160. The lowest BCUT2D eigenvalue weighted by atomic mass is 10.2. The lowest BCUT2D eigenvalue weighted by Crippen LogP contribution is -2.38. The van der Waals surface area contributed by atoms with Crippen LogP contribution < -0.4 is 5.32 Å². The molecule has 0 aromatic heterocycles. The van der Waals surface area contributed by atoms with Crippen LogP contribution in [0.1, 0.15) is 39.0 Å². The molecule has 1 N–H and O–H groups in total. The van der Waals surface area contributed by atoms with Gasteiger partial charge in [0, 0.05) is 12.6 Å². The molecule has 2 fully saturated rings. The molecule has 1 heterocycles. The zero-order valence-electron chi connectivity index (χ0n) is 9.47. The van der Waals surface area contributed by atoms with Gasteiger partial charge in [-0.05, 0) is 44.8 Å². The van der Waals surface area contributed by atoms with Gasteiger partial charge in [0.1, 0.15) is 0 Å². The minimum atomic E-state index is 0.786. The summed E-state index contributed by atoms with van der Waals surface area (Å²) in [5.41, 5.74) is 0. The zero-order chi connectivity index (χ0) is 9.80. The average Bonchev–Trinajstić information content (AvgIpc) is 2.90. The van der Waals surface area contributed by atoms with Crippen molar-refractivity contribution in [2.75, 3.05) is 26.2 Å². The summed E-state index contributed by atoms with van der Waals surface area (Å²) in [4.78, 5) is 2.63. The lowest BCUT2D eigenvalue weighted by molar-refractivity contribution is 0.254. The topological polar surface area (TPSA) is 15.3 Å². The molecule has 2 rings (SSSR count). The van der Waals surface area contributed by atoms with Gasteiger partial charge in [0.05, 0.1) is 0 Å². The molecule has 0 aromatic carbocycles. The summed E-state index contributed by atoms with van der Waals surface area (Å²) in [7, 11) is 0. The summed E-state index contributed by atoms with van der Waals surface area (Å²) in [6, 6.07) is 0.786. The number of hydrogen-bond acceptors (Lipinski definition) is 2. The molecule has 2 nitrogen and oxygen atoms in total. The number of nitrogens with one attached hydrogen (secondary N) is 1. The third-order valence-electron chi connectivity index (χ3n) is 3.64. The Balaban J connectivity index is 1.62. The Labute approximate surface area is 88.1 Å². The van der Waals surface area contributed by atoms with E-state index in [1.165, 1.54) is 58.3 Å². The van der Waals surface area contributed by atoms with Crippen LogP contribution in [0.4, 0.5) is 0 Å². The maximum Gasteiger partial charge on any atom is 0.0195 e. The van der Waals surface area contributed by atoms with Gasteiger partial charge in [0.15, 0.2) is 0 Å². The molecule has 0 aromatic rings. The van der Waals surface area contributed by atoms with Gasteiger partial charge in [-0.2, -0.15) is 0 Å². The fourth-order valence-electron chi connectivity index (χ4n) is 2.37. The molecule has 0 bridgehead atoms. The predicted molar refractivity (Wildman–Crippen MR) is 60.5 cm³/mol. The Morgan fingerprint density at radius 3 is 2.71 bits per heavy atom. The van der Waals surface area contributed by atoms with Crippen molar-refractivity contribution in [3.8, 4) is 0 Å². The highest BCUT2D eigenvalue weighted by atomic mass is 15.1. The highest BCUT2D eigenvalue weighted by molar-refractivity contribution is 4.79. The van der Waals surface area contributed by atoms with E-state index in [4.69, 9.17) is 0 Å². The first-order chi connectivity index (χ1) is 6.88. The van der Waals surface area contributed by atoms with Crippen LogP contribution in [0, 0.1) is 5.92 Å². The van der Waals surface area contributed by atoms with E-state index in [9.17, 15) is 0 Å². The van der Waals surface area contributed by atoms with Crippen molar-refractivity contribution in [2.24, 2.45) is 5.92 Å². The van der Waals surface area contributed by atoms with Gasteiger partial charge in [-0.1, -0.05) is 19.8 Å². The first kappa shape index (κ1) is 10.4. The highest BCUT2D eigenvalue weighted by Crippen LogP contribution is 2.32. The molecular weight excluding hydrogens is 172 g/mol. The summed E-state index contributed by atoms with van der Waals surface area (Å²) in [6.45, 7) is 7.38. The molecule has 0 spiro atoms. The molecule has 1 atom stereocenters. The van der Waals surface area contributed by atoms with Gasteiger partial charge in [0.2, 0.25) is 0 Å². The van der Waals surface area contributed by atoms with Gasteiger partial charge >= 0.3 is 0 Å². The maximum absolute atomic E-state index is 3.58. The second-order valence-corrected chi connectivity index (χ2v) is 4.92. The van der Waals surface area contributed by atoms with E-state index >= 15 is 0 Å². The molecule has 1 saturated heterocycles. The maximum atomic E-state index is 3.58. The van der Waals surface area contributed by atoms with Crippen LogP contribution in [0.2, 0.25) is 0 Å². The Morgan fingerprint density at radius 1 is 1.29 bits per heavy atom. The molecule has 14 heavy (non-hydrogen) atoms. The molecule has 2 heteroatoms. The van der Waals surface area contributed by atoms with Crippen molar-refractivity contribution in [1.82, 2.24) is 10.2 Å². The van der Waals surface area contributed by atoms with E-state index in [1.807, 2.05) is 0 Å². The van der Waals surface area contributed by atoms with E-state index in [1.54, 1.807) is 0 Å². The average molecular weight is 196 g/mol. The third-order valence-corrected chi connectivity index (χ3v) is 3.64. The van der Waals surface area contributed by atoms with Gasteiger partial charge in [-0.3, -0.25) is 0 Å². The summed E-state index contributed by atoms with van der Waals surface area (Å²) in [5, 5.41) is 3.58. The minimum Gasteiger partial charge on any atom is -0.313 e. The van der Waals surface area contributed by atoms with Crippen molar-refractivity contribution in [2.45, 2.75) is 45.1 Å². The van der Waals surface area contributed by atoms with Gasteiger partial charge < -0.3 is 10.2 Å². The molecule has 2 aliphatic rings. The van der Waals surface area contributed by atoms with Crippen molar-refractivity contribution in [1.29, 1.82) is 0 Å². The van der Waals surface area contributed by atoms with Crippen LogP contribution in [0.25, 0.3) is 0 Å². The van der Waals surface area contributed by atoms with Crippen LogP contribution in [-0.4, -0.2) is 37.1 Å². The molecule has 82 valence electrons. The molecule has 0 radical (unpaired) electrons. The van der Waals surface area contributed by atoms with Crippen molar-refractivity contribution >= 4 is 0 Å². The summed E-state index contributed by atoms with van der Waals surface area (Å²) in [6.07, 6.45) is 7.21. The molecule has 1 saturated carbocycles.